The Bertz CT molecular complexity index is 433. The summed E-state index contributed by atoms with van der Waals surface area (Å²) >= 11 is 0. The summed E-state index contributed by atoms with van der Waals surface area (Å²) in [5.74, 6) is -0.320. The minimum Gasteiger partial charge on any atom is -0.392 e. The van der Waals surface area contributed by atoms with Crippen molar-refractivity contribution in [2.75, 3.05) is 13.2 Å². The van der Waals surface area contributed by atoms with Crippen LogP contribution in [0.3, 0.4) is 0 Å². The first-order valence-electron chi connectivity index (χ1n) is 7.55. The van der Waals surface area contributed by atoms with E-state index in [4.69, 9.17) is 4.74 Å². The summed E-state index contributed by atoms with van der Waals surface area (Å²) in [4.78, 5) is 0. The molecule has 1 saturated heterocycles. The molecule has 1 aliphatic carbocycles. The fourth-order valence-electron chi connectivity index (χ4n) is 2.99. The van der Waals surface area contributed by atoms with Gasteiger partial charge in [-0.05, 0) is 11.5 Å². The molecule has 23 heavy (non-hydrogen) atoms. The average Bonchev–Trinajstić information content (AvgIpc) is 2.62. The van der Waals surface area contributed by atoms with E-state index in [0.29, 0.717) is 0 Å². The lowest BCUT2D eigenvalue weighted by Crippen LogP contribution is -2.60. The molecule has 9 nitrogen and oxygen atoms in total. The highest BCUT2D eigenvalue weighted by atomic mass is 16.6. The third-order valence-corrected chi connectivity index (χ3v) is 4.54. The molecule has 2 aliphatic rings. The van der Waals surface area contributed by atoms with Crippen molar-refractivity contribution in [2.24, 2.45) is 5.92 Å². The minimum atomic E-state index is -1.53. The Morgan fingerprint density at radius 1 is 1.04 bits per heavy atom. The van der Waals surface area contributed by atoms with E-state index in [1.165, 1.54) is 6.08 Å². The van der Waals surface area contributed by atoms with E-state index in [1.54, 1.807) is 6.92 Å². The molecule has 0 aromatic carbocycles. The van der Waals surface area contributed by atoms with Gasteiger partial charge in [0.2, 0.25) is 0 Å². The lowest BCUT2D eigenvalue weighted by atomic mass is 9.86. The first-order valence-corrected chi connectivity index (χ1v) is 7.55. The van der Waals surface area contributed by atoms with Crippen LogP contribution in [0.1, 0.15) is 6.92 Å². The lowest BCUT2D eigenvalue weighted by Gasteiger charge is -2.38. The monoisotopic (exact) mass is 335 g/mol. The van der Waals surface area contributed by atoms with Crippen molar-refractivity contribution in [2.45, 2.75) is 55.8 Å². The Balaban J connectivity index is 2.19. The summed E-state index contributed by atoms with van der Waals surface area (Å²) in [6.45, 7) is 1.30. The minimum absolute atomic E-state index is 0.0670. The van der Waals surface area contributed by atoms with Gasteiger partial charge >= 0.3 is 0 Å². The van der Waals surface area contributed by atoms with E-state index < -0.39 is 55.5 Å². The molecule has 8 N–H and O–H groups in total. The SMILES string of the molecule is C[C@@H]1CO[C@H](O)C(O)C(O)[C@@H]1NC1C=C(CO)[C@@H](O)C(O)C1O. The van der Waals surface area contributed by atoms with Crippen LogP contribution in [0.25, 0.3) is 0 Å². The van der Waals surface area contributed by atoms with Crippen molar-refractivity contribution < 1.29 is 40.5 Å². The van der Waals surface area contributed by atoms with Gasteiger partial charge in [-0.25, -0.2) is 0 Å². The Morgan fingerprint density at radius 3 is 2.30 bits per heavy atom. The predicted molar refractivity (Wildman–Crippen MR) is 77.0 cm³/mol. The van der Waals surface area contributed by atoms with Gasteiger partial charge in [-0.3, -0.25) is 0 Å². The zero-order valence-electron chi connectivity index (χ0n) is 12.7. The predicted octanol–water partition coefficient (Wildman–Crippen LogP) is -3.97. The van der Waals surface area contributed by atoms with Crippen molar-refractivity contribution in [3.8, 4) is 0 Å². The number of aliphatic hydroxyl groups is 7. The summed E-state index contributed by atoms with van der Waals surface area (Å²) in [5.41, 5.74) is 0.146. The van der Waals surface area contributed by atoms with Crippen LogP contribution in [0.15, 0.2) is 11.6 Å². The van der Waals surface area contributed by atoms with Crippen molar-refractivity contribution in [1.29, 1.82) is 0 Å². The van der Waals surface area contributed by atoms with Crippen LogP contribution in [-0.2, 0) is 4.74 Å². The maximum absolute atomic E-state index is 10.2. The Morgan fingerprint density at radius 2 is 1.70 bits per heavy atom. The Labute approximate surface area is 133 Å². The highest BCUT2D eigenvalue weighted by Crippen LogP contribution is 2.24. The third kappa shape index (κ3) is 3.73. The van der Waals surface area contributed by atoms with Crippen LogP contribution < -0.4 is 5.32 Å². The lowest BCUT2D eigenvalue weighted by molar-refractivity contribution is -0.177. The van der Waals surface area contributed by atoms with Gasteiger partial charge in [-0.15, -0.1) is 0 Å². The molecule has 9 heteroatoms. The van der Waals surface area contributed by atoms with Crippen molar-refractivity contribution in [1.82, 2.24) is 5.32 Å². The molecule has 0 radical (unpaired) electrons. The normalized spacial score (nSPS) is 48.7. The second-order valence-corrected chi connectivity index (χ2v) is 6.23. The van der Waals surface area contributed by atoms with E-state index >= 15 is 0 Å². The molecule has 134 valence electrons. The number of ether oxygens (including phenoxy) is 1. The van der Waals surface area contributed by atoms with Crippen LogP contribution in [0.2, 0.25) is 0 Å². The second kappa shape index (κ2) is 7.51. The Kier molecular flexibility index (Phi) is 6.11. The molecule has 1 aliphatic heterocycles. The number of aliphatic hydroxyl groups excluding tert-OH is 7. The molecular formula is C14H25NO8. The molecule has 0 bridgehead atoms. The summed E-state index contributed by atoms with van der Waals surface area (Å²) in [7, 11) is 0. The van der Waals surface area contributed by atoms with E-state index in [9.17, 15) is 35.7 Å². The van der Waals surface area contributed by atoms with Gasteiger partial charge in [0.15, 0.2) is 6.29 Å². The highest BCUT2D eigenvalue weighted by molar-refractivity contribution is 5.22. The standard InChI is InChI=1S/C14H25NO8/c1-5-4-23-14(22)13(21)11(19)8(5)15-7-2-6(3-16)9(17)12(20)10(7)18/h2,5,7-22H,3-4H2,1H3/t5-,7?,8-,9-,10?,11?,12?,13?,14+/m1/s1. The number of rotatable bonds is 3. The molecule has 1 heterocycles. The third-order valence-electron chi connectivity index (χ3n) is 4.54. The smallest absolute Gasteiger partial charge is 0.183 e. The maximum Gasteiger partial charge on any atom is 0.183 e. The van der Waals surface area contributed by atoms with Gasteiger partial charge in [0.1, 0.15) is 30.5 Å². The van der Waals surface area contributed by atoms with E-state index in [2.05, 4.69) is 5.32 Å². The van der Waals surface area contributed by atoms with Crippen LogP contribution in [0.4, 0.5) is 0 Å². The fourth-order valence-corrected chi connectivity index (χ4v) is 2.99. The molecule has 1 fully saturated rings. The second-order valence-electron chi connectivity index (χ2n) is 6.23. The fraction of sp³-hybridized carbons (Fsp3) is 0.857. The van der Waals surface area contributed by atoms with Crippen LogP contribution >= 0.6 is 0 Å². The maximum atomic E-state index is 10.2. The van der Waals surface area contributed by atoms with Crippen LogP contribution in [0.5, 0.6) is 0 Å². The van der Waals surface area contributed by atoms with Crippen LogP contribution in [0, 0.1) is 5.92 Å². The van der Waals surface area contributed by atoms with E-state index in [0.717, 1.165) is 0 Å². The van der Waals surface area contributed by atoms with Gasteiger partial charge in [0.05, 0.1) is 19.3 Å². The summed E-state index contributed by atoms with van der Waals surface area (Å²) < 4.78 is 5.02. The summed E-state index contributed by atoms with van der Waals surface area (Å²) in [5, 5.41) is 71.4. The molecular weight excluding hydrogens is 310 g/mol. The van der Waals surface area contributed by atoms with Gasteiger partial charge in [-0.1, -0.05) is 13.0 Å². The molecule has 0 saturated carbocycles. The number of hydrogen-bond donors (Lipinski definition) is 8. The summed E-state index contributed by atoms with van der Waals surface area (Å²) in [6, 6.07) is -1.61. The van der Waals surface area contributed by atoms with E-state index in [-0.39, 0.29) is 18.1 Å². The molecule has 0 spiro atoms. The van der Waals surface area contributed by atoms with Gasteiger partial charge < -0.3 is 45.8 Å². The molecule has 0 amide bonds. The van der Waals surface area contributed by atoms with Crippen molar-refractivity contribution in [3.63, 3.8) is 0 Å². The zero-order valence-corrected chi connectivity index (χ0v) is 12.7. The first-order chi connectivity index (χ1) is 10.8. The zero-order chi connectivity index (χ0) is 17.3. The topological polar surface area (TPSA) is 163 Å². The Hall–Kier alpha value is -0.620. The van der Waals surface area contributed by atoms with Crippen LogP contribution in [-0.4, -0.2) is 97.9 Å². The first kappa shape index (κ1) is 18.7. The molecule has 2 rings (SSSR count). The molecule has 9 atom stereocenters. The molecule has 5 unspecified atom stereocenters. The quantitative estimate of drug-likeness (QED) is 0.240. The van der Waals surface area contributed by atoms with Gasteiger partial charge in [0.25, 0.3) is 0 Å². The summed E-state index contributed by atoms with van der Waals surface area (Å²) in [6.07, 6.45) is -7.28. The average molecular weight is 335 g/mol. The molecule has 0 aromatic rings. The van der Waals surface area contributed by atoms with Gasteiger partial charge in [-0.2, -0.15) is 0 Å². The highest BCUT2D eigenvalue weighted by Gasteiger charge is 2.43. The van der Waals surface area contributed by atoms with Gasteiger partial charge in [0, 0.05) is 6.04 Å². The largest absolute Gasteiger partial charge is 0.392 e. The van der Waals surface area contributed by atoms with E-state index in [1.807, 2.05) is 0 Å². The number of nitrogens with one attached hydrogen (secondary N) is 1. The van der Waals surface area contributed by atoms with Crippen molar-refractivity contribution in [3.05, 3.63) is 11.6 Å². The molecule has 0 aromatic heterocycles. The number of hydrogen-bond acceptors (Lipinski definition) is 9. The van der Waals surface area contributed by atoms with Crippen molar-refractivity contribution >= 4 is 0 Å².